The molecule has 3 atom stereocenters. The van der Waals surface area contributed by atoms with Gasteiger partial charge in [-0.1, -0.05) is 0 Å². The Bertz CT molecular complexity index is 199. The van der Waals surface area contributed by atoms with Gasteiger partial charge in [0.2, 0.25) is 0 Å². The molecule has 4 nitrogen and oxygen atoms in total. The van der Waals surface area contributed by atoms with E-state index in [2.05, 4.69) is 10.2 Å². The number of aliphatic hydroxyl groups is 1. The number of nitrogens with zero attached hydrogens (tertiary/aromatic N) is 1. The summed E-state index contributed by atoms with van der Waals surface area (Å²) in [5, 5.41) is 12.4. The SMILES string of the molecule is C[C@H](O)CNCC1CN2CCCC2CO1. The van der Waals surface area contributed by atoms with Gasteiger partial charge < -0.3 is 15.2 Å². The fourth-order valence-corrected chi connectivity index (χ4v) is 2.46. The van der Waals surface area contributed by atoms with Crippen molar-refractivity contribution in [3.8, 4) is 0 Å². The number of hydrogen-bond donors (Lipinski definition) is 2. The van der Waals surface area contributed by atoms with Crippen molar-refractivity contribution in [1.29, 1.82) is 0 Å². The van der Waals surface area contributed by atoms with Crippen LogP contribution in [-0.4, -0.2) is 61.0 Å². The van der Waals surface area contributed by atoms with E-state index < -0.39 is 0 Å². The zero-order valence-electron chi connectivity index (χ0n) is 9.48. The third-order valence-corrected chi connectivity index (χ3v) is 3.27. The lowest BCUT2D eigenvalue weighted by molar-refractivity contribution is -0.0475. The summed E-state index contributed by atoms with van der Waals surface area (Å²) in [6.07, 6.45) is 2.65. The van der Waals surface area contributed by atoms with E-state index in [-0.39, 0.29) is 6.10 Å². The van der Waals surface area contributed by atoms with E-state index in [0.717, 1.165) is 19.7 Å². The number of fused-ring (bicyclic) bond motifs is 1. The minimum Gasteiger partial charge on any atom is -0.392 e. The standard InChI is InChI=1S/C11H22N2O2/c1-9(14)5-12-6-11-7-13-4-2-3-10(13)8-15-11/h9-12,14H,2-8H2,1H3/t9-,10?,11?/m0/s1. The molecule has 0 spiro atoms. The van der Waals surface area contributed by atoms with Gasteiger partial charge in [0.05, 0.1) is 18.8 Å². The highest BCUT2D eigenvalue weighted by molar-refractivity contribution is 4.85. The summed E-state index contributed by atoms with van der Waals surface area (Å²) in [5.74, 6) is 0. The summed E-state index contributed by atoms with van der Waals surface area (Å²) in [6, 6.07) is 0.679. The van der Waals surface area contributed by atoms with Gasteiger partial charge in [0.25, 0.3) is 0 Å². The van der Waals surface area contributed by atoms with Crippen molar-refractivity contribution in [1.82, 2.24) is 10.2 Å². The van der Waals surface area contributed by atoms with E-state index in [1.54, 1.807) is 6.92 Å². The number of ether oxygens (including phenoxy) is 1. The van der Waals surface area contributed by atoms with Crippen LogP contribution in [0.2, 0.25) is 0 Å². The molecule has 0 aromatic heterocycles. The van der Waals surface area contributed by atoms with E-state index in [1.807, 2.05) is 0 Å². The molecule has 4 heteroatoms. The average molecular weight is 214 g/mol. The summed E-state index contributed by atoms with van der Waals surface area (Å²) in [7, 11) is 0. The van der Waals surface area contributed by atoms with Crippen LogP contribution < -0.4 is 5.32 Å². The van der Waals surface area contributed by atoms with Gasteiger partial charge in [-0.05, 0) is 26.3 Å². The second-order valence-electron chi connectivity index (χ2n) is 4.75. The van der Waals surface area contributed by atoms with Crippen LogP contribution in [0.4, 0.5) is 0 Å². The minimum absolute atomic E-state index is 0.270. The fourth-order valence-electron chi connectivity index (χ4n) is 2.46. The lowest BCUT2D eigenvalue weighted by Gasteiger charge is -2.35. The predicted octanol–water partition coefficient (Wildman–Crippen LogP) is -0.180. The van der Waals surface area contributed by atoms with Crippen molar-refractivity contribution >= 4 is 0 Å². The van der Waals surface area contributed by atoms with Gasteiger partial charge in [0.15, 0.2) is 0 Å². The molecule has 0 aliphatic carbocycles. The molecule has 88 valence electrons. The Hall–Kier alpha value is -0.160. The number of nitrogens with one attached hydrogen (secondary N) is 1. The maximum atomic E-state index is 9.12. The molecule has 2 aliphatic rings. The molecule has 0 aromatic carbocycles. The van der Waals surface area contributed by atoms with Gasteiger partial charge in [-0.25, -0.2) is 0 Å². The van der Waals surface area contributed by atoms with E-state index in [0.29, 0.717) is 18.7 Å². The highest BCUT2D eigenvalue weighted by Gasteiger charge is 2.31. The number of aliphatic hydroxyl groups excluding tert-OH is 1. The molecule has 15 heavy (non-hydrogen) atoms. The number of rotatable bonds is 4. The quantitative estimate of drug-likeness (QED) is 0.681. The smallest absolute Gasteiger partial charge is 0.0827 e. The van der Waals surface area contributed by atoms with E-state index >= 15 is 0 Å². The molecule has 0 amide bonds. The van der Waals surface area contributed by atoms with Crippen molar-refractivity contribution in [2.24, 2.45) is 0 Å². The van der Waals surface area contributed by atoms with Crippen LogP contribution in [0.15, 0.2) is 0 Å². The Morgan fingerprint density at radius 1 is 1.60 bits per heavy atom. The Morgan fingerprint density at radius 2 is 2.47 bits per heavy atom. The molecular weight excluding hydrogens is 192 g/mol. The first-order chi connectivity index (χ1) is 7.25. The minimum atomic E-state index is -0.270. The van der Waals surface area contributed by atoms with Crippen LogP contribution in [0.5, 0.6) is 0 Å². The molecule has 2 saturated heterocycles. The average Bonchev–Trinajstić information content (AvgIpc) is 2.64. The molecule has 2 aliphatic heterocycles. The topological polar surface area (TPSA) is 44.7 Å². The van der Waals surface area contributed by atoms with Gasteiger partial charge in [-0.15, -0.1) is 0 Å². The highest BCUT2D eigenvalue weighted by atomic mass is 16.5. The van der Waals surface area contributed by atoms with Crippen molar-refractivity contribution < 1.29 is 9.84 Å². The molecule has 2 heterocycles. The van der Waals surface area contributed by atoms with Crippen LogP contribution in [0.25, 0.3) is 0 Å². The molecule has 2 fully saturated rings. The van der Waals surface area contributed by atoms with Crippen molar-refractivity contribution in [2.75, 3.05) is 32.8 Å². The largest absolute Gasteiger partial charge is 0.392 e. The fraction of sp³-hybridized carbons (Fsp3) is 1.00. The first kappa shape index (κ1) is 11.3. The molecule has 0 saturated carbocycles. The first-order valence-corrected chi connectivity index (χ1v) is 6.00. The summed E-state index contributed by atoms with van der Waals surface area (Å²) in [6.45, 7) is 6.49. The van der Waals surface area contributed by atoms with Crippen molar-refractivity contribution in [2.45, 2.75) is 38.0 Å². The lowest BCUT2D eigenvalue weighted by Crippen LogP contribution is -2.49. The zero-order chi connectivity index (χ0) is 10.7. The van der Waals surface area contributed by atoms with Crippen LogP contribution in [0, 0.1) is 0 Å². The summed E-state index contributed by atoms with van der Waals surface area (Å²) >= 11 is 0. The molecule has 0 radical (unpaired) electrons. The predicted molar refractivity (Wildman–Crippen MR) is 58.9 cm³/mol. The normalized spacial score (nSPS) is 34.0. The van der Waals surface area contributed by atoms with Crippen LogP contribution >= 0.6 is 0 Å². The molecule has 0 bridgehead atoms. The van der Waals surface area contributed by atoms with E-state index in [1.165, 1.54) is 19.4 Å². The van der Waals surface area contributed by atoms with E-state index in [4.69, 9.17) is 9.84 Å². The number of morpholine rings is 1. The Balaban J connectivity index is 1.66. The first-order valence-electron chi connectivity index (χ1n) is 6.00. The van der Waals surface area contributed by atoms with Crippen molar-refractivity contribution in [3.05, 3.63) is 0 Å². The van der Waals surface area contributed by atoms with Crippen molar-refractivity contribution in [3.63, 3.8) is 0 Å². The van der Waals surface area contributed by atoms with E-state index in [9.17, 15) is 0 Å². The van der Waals surface area contributed by atoms with Gasteiger partial charge in [-0.2, -0.15) is 0 Å². The molecule has 0 aromatic rings. The molecular formula is C11H22N2O2. The third kappa shape index (κ3) is 3.14. The van der Waals surface area contributed by atoms with Crippen LogP contribution in [0.3, 0.4) is 0 Å². The molecule has 2 unspecified atom stereocenters. The molecule has 2 rings (SSSR count). The number of hydrogen-bond acceptors (Lipinski definition) is 4. The van der Waals surface area contributed by atoms with Gasteiger partial charge in [0.1, 0.15) is 0 Å². The van der Waals surface area contributed by atoms with Gasteiger partial charge in [-0.3, -0.25) is 4.90 Å². The van der Waals surface area contributed by atoms with Crippen LogP contribution in [0.1, 0.15) is 19.8 Å². The monoisotopic (exact) mass is 214 g/mol. The highest BCUT2D eigenvalue weighted by Crippen LogP contribution is 2.22. The molecule has 2 N–H and O–H groups in total. The zero-order valence-corrected chi connectivity index (χ0v) is 9.48. The van der Waals surface area contributed by atoms with Gasteiger partial charge in [0, 0.05) is 25.7 Å². The lowest BCUT2D eigenvalue weighted by atomic mass is 10.2. The van der Waals surface area contributed by atoms with Gasteiger partial charge >= 0.3 is 0 Å². The maximum absolute atomic E-state index is 9.12. The Kier molecular flexibility index (Phi) is 3.97. The van der Waals surface area contributed by atoms with Crippen LogP contribution in [-0.2, 0) is 4.74 Å². The maximum Gasteiger partial charge on any atom is 0.0827 e. The Morgan fingerprint density at radius 3 is 3.27 bits per heavy atom. The summed E-state index contributed by atoms with van der Waals surface area (Å²) in [5.41, 5.74) is 0. The summed E-state index contributed by atoms with van der Waals surface area (Å²) in [4.78, 5) is 2.54. The summed E-state index contributed by atoms with van der Waals surface area (Å²) < 4.78 is 5.79. The third-order valence-electron chi connectivity index (χ3n) is 3.27. The Labute approximate surface area is 91.6 Å². The second-order valence-corrected chi connectivity index (χ2v) is 4.75. The second kappa shape index (κ2) is 5.25.